The van der Waals surface area contributed by atoms with Gasteiger partial charge in [-0.2, -0.15) is 0 Å². The van der Waals surface area contributed by atoms with Crippen molar-refractivity contribution in [2.75, 3.05) is 64.6 Å². The number of hydrogen-bond donors (Lipinski definition) is 2. The van der Waals surface area contributed by atoms with Gasteiger partial charge in [-0.25, -0.2) is 0 Å². The number of ether oxygens (including phenoxy) is 4. The largest absolute Gasteiger partial charge is 0.389 e. The minimum Gasteiger partial charge on any atom is -0.389 e. The lowest BCUT2D eigenvalue weighted by Gasteiger charge is -2.09. The first kappa shape index (κ1) is 20.3. The third kappa shape index (κ3) is 14.7. The predicted octanol–water partition coefficient (Wildman–Crippen LogP) is 0.252. The minimum atomic E-state index is -0.627. The number of rotatable bonds is 15. The first-order chi connectivity index (χ1) is 9.70. The maximum Gasteiger partial charge on any atom is 0.0908 e. The second-order valence-electron chi connectivity index (χ2n) is 3.99. The quantitative estimate of drug-likeness (QED) is 0.330. The molecule has 0 heterocycles. The lowest BCUT2D eigenvalue weighted by Crippen LogP contribution is -2.20. The molecule has 0 amide bonds. The Morgan fingerprint density at radius 2 is 0.900 bits per heavy atom. The molecule has 2 atom stereocenters. The molecule has 0 aromatic heterocycles. The Balaban J connectivity index is 3.03. The van der Waals surface area contributed by atoms with Crippen LogP contribution in [0.5, 0.6) is 0 Å². The smallest absolute Gasteiger partial charge is 0.0908 e. The lowest BCUT2D eigenvalue weighted by atomic mass is 10.4. The average Bonchev–Trinajstić information content (AvgIpc) is 2.47. The van der Waals surface area contributed by atoms with E-state index in [1.807, 2.05) is 0 Å². The Hall–Kier alpha value is 0.340. The SMILES string of the molecule is OC(CCl)COCCOCCOCCOCC(O)CCl. The molecule has 0 bridgehead atoms. The summed E-state index contributed by atoms with van der Waals surface area (Å²) in [7, 11) is 0. The van der Waals surface area contributed by atoms with E-state index in [1.165, 1.54) is 0 Å². The summed E-state index contributed by atoms with van der Waals surface area (Å²) in [5.74, 6) is 0.331. The molecule has 0 aromatic rings. The molecule has 2 unspecified atom stereocenters. The molecule has 122 valence electrons. The first-order valence-corrected chi connectivity index (χ1v) is 7.56. The fraction of sp³-hybridized carbons (Fsp3) is 1.00. The van der Waals surface area contributed by atoms with Crippen LogP contribution in [-0.2, 0) is 18.9 Å². The zero-order valence-electron chi connectivity index (χ0n) is 11.5. The van der Waals surface area contributed by atoms with Crippen molar-refractivity contribution in [1.29, 1.82) is 0 Å². The van der Waals surface area contributed by atoms with Crippen molar-refractivity contribution >= 4 is 23.2 Å². The van der Waals surface area contributed by atoms with E-state index in [4.69, 9.17) is 52.4 Å². The highest BCUT2D eigenvalue weighted by atomic mass is 35.5. The molecule has 0 saturated heterocycles. The molecule has 0 saturated carbocycles. The van der Waals surface area contributed by atoms with Gasteiger partial charge in [0, 0.05) is 0 Å². The number of alkyl halides is 2. The molecule has 0 fully saturated rings. The Morgan fingerprint density at radius 1 is 0.600 bits per heavy atom. The molecule has 0 aliphatic carbocycles. The van der Waals surface area contributed by atoms with Gasteiger partial charge in [-0.05, 0) is 0 Å². The van der Waals surface area contributed by atoms with Crippen LogP contribution >= 0.6 is 23.2 Å². The summed E-state index contributed by atoms with van der Waals surface area (Å²) in [4.78, 5) is 0. The Bertz CT molecular complexity index is 179. The maximum absolute atomic E-state index is 9.10. The number of hydrogen-bond acceptors (Lipinski definition) is 6. The Labute approximate surface area is 129 Å². The summed E-state index contributed by atoms with van der Waals surface area (Å²) in [6.07, 6.45) is -1.25. The molecule has 0 rings (SSSR count). The minimum absolute atomic E-state index is 0.165. The summed E-state index contributed by atoms with van der Waals surface area (Å²) in [6, 6.07) is 0. The van der Waals surface area contributed by atoms with Crippen LogP contribution in [0.2, 0.25) is 0 Å². The van der Waals surface area contributed by atoms with Gasteiger partial charge < -0.3 is 29.2 Å². The van der Waals surface area contributed by atoms with Crippen molar-refractivity contribution in [3.8, 4) is 0 Å². The normalized spacial score (nSPS) is 14.4. The standard InChI is InChI=1S/C12H24Cl2O6/c13-7-11(15)9-19-5-3-17-1-2-18-4-6-20-10-12(16)8-14/h11-12,15-16H,1-10H2. The van der Waals surface area contributed by atoms with E-state index in [1.54, 1.807) is 0 Å². The van der Waals surface area contributed by atoms with Gasteiger partial charge in [0.25, 0.3) is 0 Å². The van der Waals surface area contributed by atoms with Gasteiger partial charge >= 0.3 is 0 Å². The van der Waals surface area contributed by atoms with Gasteiger partial charge in [0.2, 0.25) is 0 Å². The van der Waals surface area contributed by atoms with Crippen LogP contribution in [-0.4, -0.2) is 87.0 Å². The predicted molar refractivity (Wildman–Crippen MR) is 76.7 cm³/mol. The second-order valence-corrected chi connectivity index (χ2v) is 4.61. The zero-order valence-corrected chi connectivity index (χ0v) is 13.0. The van der Waals surface area contributed by atoms with Crippen molar-refractivity contribution in [3.63, 3.8) is 0 Å². The highest BCUT2D eigenvalue weighted by Crippen LogP contribution is 1.90. The summed E-state index contributed by atoms with van der Waals surface area (Å²) < 4.78 is 20.7. The van der Waals surface area contributed by atoms with Gasteiger partial charge in [0.15, 0.2) is 0 Å². The van der Waals surface area contributed by atoms with E-state index in [0.717, 1.165) is 0 Å². The van der Waals surface area contributed by atoms with Crippen molar-refractivity contribution in [2.24, 2.45) is 0 Å². The summed E-state index contributed by atoms with van der Waals surface area (Å²) in [6.45, 7) is 3.06. The van der Waals surface area contributed by atoms with Gasteiger partial charge in [-0.3, -0.25) is 0 Å². The van der Waals surface area contributed by atoms with E-state index in [-0.39, 0.29) is 25.0 Å². The summed E-state index contributed by atoms with van der Waals surface area (Å²) in [5.41, 5.74) is 0. The fourth-order valence-corrected chi connectivity index (χ4v) is 1.26. The lowest BCUT2D eigenvalue weighted by molar-refractivity contribution is -0.0205. The molecule has 0 aliphatic rings. The summed E-state index contributed by atoms with van der Waals surface area (Å²) in [5, 5.41) is 18.2. The fourth-order valence-electron chi connectivity index (χ4n) is 1.09. The van der Waals surface area contributed by atoms with E-state index in [9.17, 15) is 0 Å². The Kier molecular flexibility index (Phi) is 16.0. The average molecular weight is 335 g/mol. The molecular weight excluding hydrogens is 311 g/mol. The van der Waals surface area contributed by atoms with Crippen LogP contribution < -0.4 is 0 Å². The molecule has 6 nitrogen and oxygen atoms in total. The van der Waals surface area contributed by atoms with Crippen LogP contribution in [0.15, 0.2) is 0 Å². The topological polar surface area (TPSA) is 77.4 Å². The van der Waals surface area contributed by atoms with Gasteiger partial charge in [-0.15, -0.1) is 23.2 Å². The van der Waals surface area contributed by atoms with Crippen molar-refractivity contribution in [1.82, 2.24) is 0 Å². The zero-order chi connectivity index (χ0) is 15.1. The first-order valence-electron chi connectivity index (χ1n) is 6.49. The van der Waals surface area contributed by atoms with E-state index >= 15 is 0 Å². The van der Waals surface area contributed by atoms with Gasteiger partial charge in [0.1, 0.15) is 0 Å². The van der Waals surface area contributed by atoms with Crippen molar-refractivity contribution in [3.05, 3.63) is 0 Å². The molecule has 0 aliphatic heterocycles. The molecular formula is C12H24Cl2O6. The third-order valence-electron chi connectivity index (χ3n) is 2.09. The number of aliphatic hydroxyl groups is 2. The highest BCUT2D eigenvalue weighted by molar-refractivity contribution is 6.18. The monoisotopic (exact) mass is 334 g/mol. The third-order valence-corrected chi connectivity index (χ3v) is 2.81. The van der Waals surface area contributed by atoms with E-state index in [0.29, 0.717) is 39.6 Å². The van der Waals surface area contributed by atoms with Crippen molar-refractivity contribution in [2.45, 2.75) is 12.2 Å². The molecule has 20 heavy (non-hydrogen) atoms. The van der Waals surface area contributed by atoms with Crippen LogP contribution in [0.1, 0.15) is 0 Å². The van der Waals surface area contributed by atoms with Crippen LogP contribution in [0.4, 0.5) is 0 Å². The van der Waals surface area contributed by atoms with E-state index in [2.05, 4.69) is 0 Å². The number of aliphatic hydroxyl groups excluding tert-OH is 2. The van der Waals surface area contributed by atoms with Gasteiger partial charge in [0.05, 0.1) is 76.8 Å². The van der Waals surface area contributed by atoms with Crippen molar-refractivity contribution < 1.29 is 29.2 Å². The number of halogens is 2. The molecule has 8 heteroatoms. The molecule has 0 radical (unpaired) electrons. The Morgan fingerprint density at radius 3 is 1.20 bits per heavy atom. The van der Waals surface area contributed by atoms with Crippen LogP contribution in [0.25, 0.3) is 0 Å². The molecule has 2 N–H and O–H groups in total. The maximum atomic E-state index is 9.10. The summed E-state index contributed by atoms with van der Waals surface area (Å²) >= 11 is 10.8. The second kappa shape index (κ2) is 15.7. The van der Waals surface area contributed by atoms with Crippen LogP contribution in [0.3, 0.4) is 0 Å². The highest BCUT2D eigenvalue weighted by Gasteiger charge is 2.01. The van der Waals surface area contributed by atoms with E-state index < -0.39 is 12.2 Å². The van der Waals surface area contributed by atoms with Gasteiger partial charge in [-0.1, -0.05) is 0 Å². The molecule has 0 spiro atoms. The molecule has 0 aromatic carbocycles. The van der Waals surface area contributed by atoms with Crippen LogP contribution in [0, 0.1) is 0 Å².